The van der Waals surface area contributed by atoms with E-state index in [2.05, 4.69) is 26.0 Å². The van der Waals surface area contributed by atoms with Crippen LogP contribution in [0, 0.1) is 5.82 Å². The maximum absolute atomic E-state index is 13.5. The van der Waals surface area contributed by atoms with Crippen LogP contribution in [0.2, 0.25) is 5.02 Å². The maximum Gasteiger partial charge on any atom is 0.387 e. The molecule has 2 aromatic rings. The van der Waals surface area contributed by atoms with Gasteiger partial charge in [0.1, 0.15) is 0 Å². The van der Waals surface area contributed by atoms with E-state index in [1.165, 1.54) is 0 Å². The summed E-state index contributed by atoms with van der Waals surface area (Å²) in [6.45, 7) is -3.13. The molecule has 3 N–H and O–H groups in total. The molecular formula is C13H9BrClF3N2O. The molecule has 0 radical (unpaired) electrons. The van der Waals surface area contributed by atoms with E-state index in [-0.39, 0.29) is 11.4 Å². The van der Waals surface area contributed by atoms with Crippen LogP contribution in [0.5, 0.6) is 5.75 Å². The van der Waals surface area contributed by atoms with Crippen molar-refractivity contribution in [3.05, 3.63) is 45.6 Å². The zero-order valence-corrected chi connectivity index (χ0v) is 12.7. The van der Waals surface area contributed by atoms with Crippen LogP contribution < -0.4 is 15.8 Å². The second-order valence-corrected chi connectivity index (χ2v) is 5.29. The van der Waals surface area contributed by atoms with Gasteiger partial charge in [-0.15, -0.1) is 0 Å². The van der Waals surface area contributed by atoms with Crippen LogP contribution in [0.4, 0.5) is 30.2 Å². The Hall–Kier alpha value is -1.60. The Morgan fingerprint density at radius 2 is 1.90 bits per heavy atom. The van der Waals surface area contributed by atoms with Gasteiger partial charge >= 0.3 is 6.61 Å². The molecule has 0 bridgehead atoms. The smallest absolute Gasteiger partial charge is 0.387 e. The molecule has 0 aliphatic heterocycles. The van der Waals surface area contributed by atoms with Crippen molar-refractivity contribution in [3.63, 3.8) is 0 Å². The summed E-state index contributed by atoms with van der Waals surface area (Å²) in [5.41, 5.74) is 6.47. The van der Waals surface area contributed by atoms with Crippen LogP contribution in [0.1, 0.15) is 0 Å². The van der Waals surface area contributed by atoms with Crippen molar-refractivity contribution in [2.24, 2.45) is 0 Å². The predicted octanol–water partition coefficient (Wildman–Crippen LogP) is 5.17. The molecule has 0 saturated carbocycles. The number of nitrogen functional groups attached to an aromatic ring is 1. The highest BCUT2D eigenvalue weighted by atomic mass is 79.9. The second-order valence-electron chi connectivity index (χ2n) is 4.00. The molecule has 0 atom stereocenters. The normalized spacial score (nSPS) is 10.8. The van der Waals surface area contributed by atoms with Crippen molar-refractivity contribution < 1.29 is 17.9 Å². The number of nitrogens with one attached hydrogen (secondary N) is 1. The molecule has 112 valence electrons. The monoisotopic (exact) mass is 380 g/mol. The summed E-state index contributed by atoms with van der Waals surface area (Å²) in [7, 11) is 0. The molecule has 0 spiro atoms. The molecule has 0 aromatic heterocycles. The number of nitrogens with two attached hydrogens (primary N) is 1. The van der Waals surface area contributed by atoms with Crippen LogP contribution >= 0.6 is 27.5 Å². The molecule has 0 unspecified atom stereocenters. The highest BCUT2D eigenvalue weighted by Crippen LogP contribution is 2.34. The summed E-state index contributed by atoms with van der Waals surface area (Å²) in [4.78, 5) is 0. The fourth-order valence-corrected chi connectivity index (χ4v) is 2.12. The minimum atomic E-state index is -3.13. The lowest BCUT2D eigenvalue weighted by molar-refractivity contribution is -0.0521. The van der Waals surface area contributed by atoms with Gasteiger partial charge in [0.25, 0.3) is 0 Å². The van der Waals surface area contributed by atoms with Crippen LogP contribution in [-0.2, 0) is 0 Å². The minimum absolute atomic E-state index is 0.0426. The van der Waals surface area contributed by atoms with E-state index in [1.807, 2.05) is 0 Å². The zero-order chi connectivity index (χ0) is 15.6. The second kappa shape index (κ2) is 6.44. The summed E-state index contributed by atoms with van der Waals surface area (Å²) >= 11 is 9.17. The Morgan fingerprint density at radius 3 is 2.57 bits per heavy atom. The molecule has 0 amide bonds. The van der Waals surface area contributed by atoms with E-state index in [9.17, 15) is 13.2 Å². The first kappa shape index (κ1) is 15.8. The Morgan fingerprint density at radius 1 is 1.19 bits per heavy atom. The molecular weight excluding hydrogens is 373 g/mol. The van der Waals surface area contributed by atoms with E-state index in [4.69, 9.17) is 17.3 Å². The highest BCUT2D eigenvalue weighted by molar-refractivity contribution is 9.10. The van der Waals surface area contributed by atoms with E-state index in [0.29, 0.717) is 15.2 Å². The average Bonchev–Trinajstić information content (AvgIpc) is 2.39. The number of rotatable bonds is 4. The van der Waals surface area contributed by atoms with Crippen LogP contribution in [0.15, 0.2) is 34.8 Å². The molecule has 0 heterocycles. The summed E-state index contributed by atoms with van der Waals surface area (Å²) < 4.78 is 42.7. The van der Waals surface area contributed by atoms with E-state index in [0.717, 1.165) is 12.1 Å². The van der Waals surface area contributed by atoms with Gasteiger partial charge in [0, 0.05) is 21.6 Å². The van der Waals surface area contributed by atoms with Gasteiger partial charge in [-0.1, -0.05) is 11.6 Å². The van der Waals surface area contributed by atoms with Crippen LogP contribution in [0.3, 0.4) is 0 Å². The quantitative estimate of drug-likeness (QED) is 0.718. The van der Waals surface area contributed by atoms with Gasteiger partial charge in [-0.3, -0.25) is 0 Å². The Labute approximate surface area is 132 Å². The van der Waals surface area contributed by atoms with Crippen LogP contribution in [-0.4, -0.2) is 6.61 Å². The summed E-state index contributed by atoms with van der Waals surface area (Å²) in [6, 6.07) is 6.92. The van der Waals surface area contributed by atoms with Crippen molar-refractivity contribution in [2.45, 2.75) is 6.61 Å². The lowest BCUT2D eigenvalue weighted by atomic mass is 10.2. The third-order valence-electron chi connectivity index (χ3n) is 2.52. The van der Waals surface area contributed by atoms with Crippen molar-refractivity contribution in [2.75, 3.05) is 11.1 Å². The van der Waals surface area contributed by atoms with Crippen molar-refractivity contribution in [1.29, 1.82) is 0 Å². The largest absolute Gasteiger partial charge is 0.432 e. The molecule has 2 rings (SSSR count). The molecule has 2 aromatic carbocycles. The first-order chi connectivity index (χ1) is 9.86. The van der Waals surface area contributed by atoms with Gasteiger partial charge in [0.2, 0.25) is 0 Å². The maximum atomic E-state index is 13.5. The summed E-state index contributed by atoms with van der Waals surface area (Å²) in [5, 5.41) is 3.34. The van der Waals surface area contributed by atoms with Gasteiger partial charge in [-0.05, 0) is 34.1 Å². The third kappa shape index (κ3) is 3.95. The van der Waals surface area contributed by atoms with Gasteiger partial charge in [0.05, 0.1) is 17.1 Å². The Balaban J connectivity index is 2.37. The first-order valence-electron chi connectivity index (χ1n) is 5.62. The number of alkyl halides is 2. The molecule has 0 aliphatic rings. The predicted molar refractivity (Wildman–Crippen MR) is 79.9 cm³/mol. The van der Waals surface area contributed by atoms with Gasteiger partial charge in [-0.25, -0.2) is 4.39 Å². The number of hydrogen-bond donors (Lipinski definition) is 2. The fourth-order valence-electron chi connectivity index (χ4n) is 1.60. The number of halogens is 5. The number of ether oxygens (including phenoxy) is 1. The summed E-state index contributed by atoms with van der Waals surface area (Å²) in [5.74, 6) is -1.57. The number of anilines is 3. The van der Waals surface area contributed by atoms with Crippen molar-refractivity contribution in [1.82, 2.24) is 0 Å². The van der Waals surface area contributed by atoms with Gasteiger partial charge < -0.3 is 15.8 Å². The number of hydrogen-bond acceptors (Lipinski definition) is 3. The van der Waals surface area contributed by atoms with Crippen molar-refractivity contribution >= 4 is 44.6 Å². The lowest BCUT2D eigenvalue weighted by Crippen LogP contribution is -2.06. The van der Waals surface area contributed by atoms with E-state index < -0.39 is 18.2 Å². The fraction of sp³-hybridized carbons (Fsp3) is 0.0769. The van der Waals surface area contributed by atoms with Crippen molar-refractivity contribution in [3.8, 4) is 5.75 Å². The van der Waals surface area contributed by atoms with Gasteiger partial charge in [-0.2, -0.15) is 8.78 Å². The molecule has 21 heavy (non-hydrogen) atoms. The Kier molecular flexibility index (Phi) is 4.84. The third-order valence-corrected chi connectivity index (χ3v) is 3.44. The molecule has 3 nitrogen and oxygen atoms in total. The lowest BCUT2D eigenvalue weighted by Gasteiger charge is -2.14. The topological polar surface area (TPSA) is 47.3 Å². The molecule has 0 aliphatic carbocycles. The molecule has 0 saturated heterocycles. The van der Waals surface area contributed by atoms with E-state index in [1.54, 1.807) is 18.2 Å². The Bertz CT molecular complexity index is 670. The SMILES string of the molecule is Nc1cc(F)c(OC(F)F)cc1Nc1cc(Cl)ccc1Br. The summed E-state index contributed by atoms with van der Waals surface area (Å²) in [6.07, 6.45) is 0. The molecule has 8 heteroatoms. The zero-order valence-electron chi connectivity index (χ0n) is 10.3. The molecule has 0 fully saturated rings. The average molecular weight is 382 g/mol. The highest BCUT2D eigenvalue weighted by Gasteiger charge is 2.14. The van der Waals surface area contributed by atoms with Gasteiger partial charge in [0.15, 0.2) is 11.6 Å². The standard InChI is InChI=1S/C13H9BrClF3N2O/c14-7-2-1-6(15)3-10(7)20-11-5-12(21-13(17)18)8(16)4-9(11)19/h1-5,13,20H,19H2. The van der Waals surface area contributed by atoms with Crippen LogP contribution in [0.25, 0.3) is 0 Å². The minimum Gasteiger partial charge on any atom is -0.432 e. The first-order valence-corrected chi connectivity index (χ1v) is 6.80. The number of benzene rings is 2. The van der Waals surface area contributed by atoms with E-state index >= 15 is 0 Å².